The monoisotopic (exact) mass is 609 g/mol. The molecule has 2 heterocycles. The third-order valence-corrected chi connectivity index (χ3v) is 8.00. The minimum absolute atomic E-state index is 0.0392. The number of halogens is 2. The van der Waals surface area contributed by atoms with Crippen molar-refractivity contribution in [2.24, 2.45) is 0 Å². The summed E-state index contributed by atoms with van der Waals surface area (Å²) in [6, 6.07) is 12.8. The molecule has 8 nitrogen and oxygen atoms in total. The lowest BCUT2D eigenvalue weighted by Crippen LogP contribution is -2.40. The van der Waals surface area contributed by atoms with Gasteiger partial charge in [0.1, 0.15) is 5.75 Å². The second kappa shape index (κ2) is 8.28. The van der Waals surface area contributed by atoms with Crippen LogP contribution in [0.1, 0.15) is 23.9 Å². The van der Waals surface area contributed by atoms with Gasteiger partial charge < -0.3 is 5.11 Å². The first-order valence-electron chi connectivity index (χ1n) is 11.2. The van der Waals surface area contributed by atoms with Gasteiger partial charge in [0.25, 0.3) is 0 Å². The Kier molecular flexibility index (Phi) is 5.27. The number of benzene rings is 2. The van der Waals surface area contributed by atoms with Gasteiger partial charge >= 0.3 is 11.4 Å². The van der Waals surface area contributed by atoms with Gasteiger partial charge in [-0.05, 0) is 51.8 Å². The molecule has 180 valence electrons. The van der Waals surface area contributed by atoms with Gasteiger partial charge in [-0.1, -0.05) is 40.2 Å². The van der Waals surface area contributed by atoms with Crippen LogP contribution in [0.3, 0.4) is 0 Å². The molecule has 0 saturated carbocycles. The predicted octanol–water partition coefficient (Wildman–Crippen LogP) is 3.66. The number of hydrogen-bond donors (Lipinski definition) is 1. The summed E-state index contributed by atoms with van der Waals surface area (Å²) in [4.78, 5) is 53.4. The Morgan fingerprint density at radius 2 is 1.69 bits per heavy atom. The van der Waals surface area contributed by atoms with E-state index in [2.05, 4.69) is 31.9 Å². The molecule has 0 fully saturated rings. The molecule has 6 rings (SSSR count). The molecule has 2 atom stereocenters. The topological polar surface area (TPSA) is 103 Å². The van der Waals surface area contributed by atoms with Crippen LogP contribution in [0.25, 0.3) is 5.69 Å². The molecule has 2 aromatic carbocycles. The average molecular weight is 611 g/mol. The van der Waals surface area contributed by atoms with E-state index in [0.717, 1.165) is 4.57 Å². The lowest BCUT2D eigenvalue weighted by molar-refractivity contribution is -0.115. The number of para-hydroxylation sites is 1. The smallest absolute Gasteiger partial charge is 0.352 e. The van der Waals surface area contributed by atoms with Crippen molar-refractivity contribution in [3.05, 3.63) is 113 Å². The van der Waals surface area contributed by atoms with E-state index in [0.29, 0.717) is 21.3 Å². The van der Waals surface area contributed by atoms with Crippen LogP contribution < -0.4 is 11.4 Å². The van der Waals surface area contributed by atoms with Crippen LogP contribution in [0.15, 0.2) is 95.9 Å². The summed E-state index contributed by atoms with van der Waals surface area (Å²) in [6.07, 6.45) is 3.14. The zero-order valence-corrected chi connectivity index (χ0v) is 21.7. The number of phenols is 1. The molecule has 1 aromatic heterocycles. The summed E-state index contributed by atoms with van der Waals surface area (Å²) in [5.74, 6) is -1.49. The third kappa shape index (κ3) is 3.24. The van der Waals surface area contributed by atoms with Crippen LogP contribution >= 0.6 is 31.9 Å². The quantitative estimate of drug-likeness (QED) is 0.352. The van der Waals surface area contributed by atoms with Crippen LogP contribution in [0.5, 0.6) is 5.75 Å². The number of phenolic OH excluding ortho intramolecular Hbond substituents is 1. The minimum atomic E-state index is -0.764. The second-order valence-corrected chi connectivity index (χ2v) is 10.6. The largest absolute Gasteiger partial charge is 0.508 e. The zero-order chi connectivity index (χ0) is 25.3. The second-order valence-electron chi connectivity index (χ2n) is 8.80. The number of aromatic nitrogens is 3. The van der Waals surface area contributed by atoms with Gasteiger partial charge in [-0.2, -0.15) is 0 Å². The zero-order valence-electron chi connectivity index (χ0n) is 18.5. The van der Waals surface area contributed by atoms with Crippen molar-refractivity contribution >= 4 is 43.4 Å². The molecule has 0 amide bonds. The number of allylic oxidation sites excluding steroid dienone is 6. The van der Waals surface area contributed by atoms with E-state index in [-0.39, 0.29) is 45.9 Å². The summed E-state index contributed by atoms with van der Waals surface area (Å²) in [7, 11) is 0. The highest BCUT2D eigenvalue weighted by Gasteiger charge is 2.45. The fourth-order valence-corrected chi connectivity index (χ4v) is 6.21. The maximum atomic E-state index is 13.7. The van der Waals surface area contributed by atoms with Crippen molar-refractivity contribution in [3.63, 3.8) is 0 Å². The van der Waals surface area contributed by atoms with Crippen molar-refractivity contribution in [1.29, 1.82) is 0 Å². The Hall–Kier alpha value is -3.50. The molecule has 3 aliphatic rings. The van der Waals surface area contributed by atoms with Gasteiger partial charge in [-0.15, -0.1) is 0 Å². The summed E-state index contributed by atoms with van der Waals surface area (Å²) < 4.78 is 4.66. The van der Waals surface area contributed by atoms with E-state index < -0.39 is 23.3 Å². The molecule has 36 heavy (non-hydrogen) atoms. The van der Waals surface area contributed by atoms with E-state index in [4.69, 9.17) is 0 Å². The van der Waals surface area contributed by atoms with Crippen LogP contribution in [0, 0.1) is 0 Å². The first-order chi connectivity index (χ1) is 17.3. The molecule has 0 unspecified atom stereocenters. The number of fused-ring (bicyclic) bond motifs is 3. The number of carbonyl (C=O) groups is 2. The Morgan fingerprint density at radius 3 is 2.44 bits per heavy atom. The van der Waals surface area contributed by atoms with E-state index in [1.54, 1.807) is 42.5 Å². The van der Waals surface area contributed by atoms with Gasteiger partial charge in [0.2, 0.25) is 0 Å². The van der Waals surface area contributed by atoms with Gasteiger partial charge in [0.15, 0.2) is 11.6 Å². The number of carbonyl (C=O) groups excluding carboxylic acids is 2. The van der Waals surface area contributed by atoms with Gasteiger partial charge in [0, 0.05) is 39.6 Å². The molecule has 0 radical (unpaired) electrons. The number of rotatable bonds is 2. The van der Waals surface area contributed by atoms with Crippen LogP contribution in [0.2, 0.25) is 0 Å². The number of Topliss-reactive ketones (excluding diaryl/α,β-unsaturated/α-hetero) is 1. The van der Waals surface area contributed by atoms with Gasteiger partial charge in [-0.25, -0.2) is 23.5 Å². The first kappa shape index (κ1) is 22.9. The number of hydrogen-bond acceptors (Lipinski definition) is 5. The lowest BCUT2D eigenvalue weighted by Gasteiger charge is -2.39. The minimum Gasteiger partial charge on any atom is -0.508 e. The molecule has 1 aliphatic heterocycles. The van der Waals surface area contributed by atoms with Crippen molar-refractivity contribution < 1.29 is 14.7 Å². The van der Waals surface area contributed by atoms with Crippen molar-refractivity contribution in [2.45, 2.75) is 24.9 Å². The Balaban J connectivity index is 1.61. The van der Waals surface area contributed by atoms with E-state index in [1.807, 2.05) is 6.08 Å². The summed E-state index contributed by atoms with van der Waals surface area (Å²) in [5.41, 5.74) is 1.08. The highest BCUT2D eigenvalue weighted by atomic mass is 79.9. The maximum Gasteiger partial charge on any atom is 0.352 e. The fourth-order valence-electron chi connectivity index (χ4n) is 5.39. The molecular weight excluding hydrogens is 594 g/mol. The molecule has 0 spiro atoms. The van der Waals surface area contributed by atoms with E-state index in [1.165, 1.54) is 21.5 Å². The first-order valence-corrected chi connectivity index (χ1v) is 12.7. The summed E-state index contributed by atoms with van der Waals surface area (Å²) >= 11 is 6.63. The number of nitrogens with zero attached hydrogens (tertiary/aromatic N) is 3. The van der Waals surface area contributed by atoms with Crippen molar-refractivity contribution in [2.75, 3.05) is 0 Å². The van der Waals surface area contributed by atoms with Crippen LogP contribution in [-0.2, 0) is 16.1 Å². The molecule has 2 aliphatic carbocycles. The van der Waals surface area contributed by atoms with Crippen LogP contribution in [0.4, 0.5) is 0 Å². The fraction of sp³-hybridized carbons (Fsp3) is 0.154. The van der Waals surface area contributed by atoms with Gasteiger partial charge in [-0.3, -0.25) is 9.59 Å². The SMILES string of the molecule is O=C1C=C(Br)C(=O)C2=C1[C@@H](c1cc(Br)ccc1O)C1=CCn3c(=O)n(-c4ccccc4)c(=O)n3[C@@H]1C2. The Bertz CT molecular complexity index is 1710. The lowest BCUT2D eigenvalue weighted by atomic mass is 9.68. The number of aromatic hydroxyl groups is 1. The molecule has 10 heteroatoms. The van der Waals surface area contributed by atoms with Crippen LogP contribution in [-0.4, -0.2) is 30.6 Å². The molecule has 3 aromatic rings. The molecule has 1 N–H and O–H groups in total. The third-order valence-electron chi connectivity index (χ3n) is 6.91. The van der Waals surface area contributed by atoms with Crippen molar-refractivity contribution in [1.82, 2.24) is 13.9 Å². The van der Waals surface area contributed by atoms with E-state index in [9.17, 15) is 24.3 Å². The number of ketones is 2. The van der Waals surface area contributed by atoms with E-state index >= 15 is 0 Å². The highest BCUT2D eigenvalue weighted by Crippen LogP contribution is 2.51. The molecule has 0 bridgehead atoms. The normalized spacial score (nSPS) is 20.9. The van der Waals surface area contributed by atoms with Crippen molar-refractivity contribution in [3.8, 4) is 11.4 Å². The van der Waals surface area contributed by atoms with Gasteiger partial charge in [0.05, 0.1) is 22.8 Å². The summed E-state index contributed by atoms with van der Waals surface area (Å²) in [6.45, 7) is 0.106. The standard InChI is InChI=1S/C26H17Br2N3O5/c27-13-6-7-20(32)16(10-13)22-15-8-9-29-25(35)30(14-4-2-1-3-5-14)26(36)31(29)19(15)11-17-23(22)21(33)12-18(28)24(17)34/h1-8,10,12,19,22,32H,9,11H2/t19-,22-/m1/s1. The Morgan fingerprint density at radius 1 is 0.944 bits per heavy atom. The maximum absolute atomic E-state index is 13.7. The Labute approximate surface area is 220 Å². The predicted molar refractivity (Wildman–Crippen MR) is 139 cm³/mol. The average Bonchev–Trinajstić information content (AvgIpc) is 3.13. The summed E-state index contributed by atoms with van der Waals surface area (Å²) in [5, 5.41) is 10.8. The molecule has 0 saturated heterocycles. The molecular formula is C26H17Br2N3O5. The highest BCUT2D eigenvalue weighted by molar-refractivity contribution is 9.12.